The van der Waals surface area contributed by atoms with E-state index in [4.69, 9.17) is 0 Å². The maximum absolute atomic E-state index is 12.2. The van der Waals surface area contributed by atoms with Gasteiger partial charge in [0.25, 0.3) is 5.91 Å². The molecule has 7 nitrogen and oxygen atoms in total. The molecule has 0 aromatic carbocycles. The number of hydrogen-bond donors (Lipinski definition) is 2. The highest BCUT2D eigenvalue weighted by atomic mass is 32.1. The molecular formula is C16H19N5O2S. The summed E-state index contributed by atoms with van der Waals surface area (Å²) < 4.78 is 1.58. The van der Waals surface area contributed by atoms with E-state index in [0.717, 1.165) is 23.1 Å². The van der Waals surface area contributed by atoms with Crippen LogP contribution >= 0.6 is 11.3 Å². The average Bonchev–Trinajstić information content (AvgIpc) is 3.13. The van der Waals surface area contributed by atoms with Crippen molar-refractivity contribution in [2.45, 2.75) is 45.1 Å². The minimum Gasteiger partial charge on any atom is -0.392 e. The Morgan fingerprint density at radius 3 is 3.21 bits per heavy atom. The van der Waals surface area contributed by atoms with Crippen LogP contribution < -0.4 is 5.32 Å². The van der Waals surface area contributed by atoms with E-state index >= 15 is 0 Å². The van der Waals surface area contributed by atoms with Crippen LogP contribution in [0.3, 0.4) is 0 Å². The molecule has 24 heavy (non-hydrogen) atoms. The first-order valence-corrected chi connectivity index (χ1v) is 8.99. The number of carbonyl (C=O) groups is 1. The Labute approximate surface area is 142 Å². The van der Waals surface area contributed by atoms with Gasteiger partial charge in [-0.1, -0.05) is 6.92 Å². The fraction of sp³-hybridized carbons (Fsp3) is 0.500. The maximum atomic E-state index is 12.2. The number of hydrogen-bond acceptors (Lipinski definition) is 6. The number of nitrogens with one attached hydrogen (secondary N) is 1. The van der Waals surface area contributed by atoms with Gasteiger partial charge in [-0.25, -0.2) is 14.5 Å². The smallest absolute Gasteiger partial charge is 0.291 e. The van der Waals surface area contributed by atoms with Gasteiger partial charge in [0.1, 0.15) is 11.2 Å². The number of aliphatic hydroxyl groups is 1. The highest BCUT2D eigenvalue weighted by molar-refractivity contribution is 7.19. The lowest BCUT2D eigenvalue weighted by molar-refractivity contribution is 0.0914. The molecule has 0 saturated carbocycles. The quantitative estimate of drug-likeness (QED) is 0.756. The minimum absolute atomic E-state index is 0.105. The topological polar surface area (TPSA) is 92.4 Å². The van der Waals surface area contributed by atoms with E-state index in [0.29, 0.717) is 11.6 Å². The minimum atomic E-state index is -0.607. The van der Waals surface area contributed by atoms with Gasteiger partial charge in [0.05, 0.1) is 11.5 Å². The van der Waals surface area contributed by atoms with Crippen LogP contribution in [0.15, 0.2) is 6.33 Å². The van der Waals surface area contributed by atoms with Gasteiger partial charge in [-0.15, -0.1) is 16.4 Å². The number of amides is 1. The third-order valence-corrected chi connectivity index (χ3v) is 5.61. The molecular weight excluding hydrogens is 326 g/mol. The molecule has 0 bridgehead atoms. The number of aliphatic hydroxyl groups excluding tert-OH is 1. The van der Waals surface area contributed by atoms with Crippen LogP contribution in [0.1, 0.15) is 53.7 Å². The Kier molecular flexibility index (Phi) is 3.73. The van der Waals surface area contributed by atoms with Crippen molar-refractivity contribution in [2.24, 2.45) is 0 Å². The SMILES string of the molecule is C[C@H](O)CNC(=O)c1nc2c3c4c(sc3ncn2n1)CCC[C@H]4C. The third kappa shape index (κ3) is 2.46. The summed E-state index contributed by atoms with van der Waals surface area (Å²) in [5.41, 5.74) is 2.01. The van der Waals surface area contributed by atoms with Crippen molar-refractivity contribution in [3.8, 4) is 0 Å². The monoisotopic (exact) mass is 345 g/mol. The van der Waals surface area contributed by atoms with E-state index in [1.165, 1.54) is 16.9 Å². The fourth-order valence-corrected chi connectivity index (χ4v) is 4.60. The molecule has 0 fully saturated rings. The first-order valence-electron chi connectivity index (χ1n) is 8.17. The largest absolute Gasteiger partial charge is 0.392 e. The summed E-state index contributed by atoms with van der Waals surface area (Å²) in [4.78, 5) is 23.5. The molecule has 0 spiro atoms. The van der Waals surface area contributed by atoms with Crippen LogP contribution in [0, 0.1) is 0 Å². The number of rotatable bonds is 3. The van der Waals surface area contributed by atoms with E-state index in [1.54, 1.807) is 29.1 Å². The molecule has 8 heteroatoms. The lowest BCUT2D eigenvalue weighted by Crippen LogP contribution is -2.31. The number of fused-ring (bicyclic) bond motifs is 5. The standard InChI is InChI=1S/C16H19N5O2S/c1-8-4-3-5-10-11(8)12-14-19-13(15(23)17-6-9(2)22)20-21(14)7-18-16(12)24-10/h7-9,22H,3-6H2,1-2H3,(H,17,23)/t8-,9+/m1/s1. The predicted octanol–water partition coefficient (Wildman–Crippen LogP) is 1.89. The normalized spacial score (nSPS) is 18.7. The molecule has 1 aliphatic carbocycles. The predicted molar refractivity (Wildman–Crippen MR) is 91.5 cm³/mol. The summed E-state index contributed by atoms with van der Waals surface area (Å²) in [5.74, 6) is 0.193. The molecule has 0 radical (unpaired) electrons. The average molecular weight is 345 g/mol. The van der Waals surface area contributed by atoms with Crippen molar-refractivity contribution in [3.63, 3.8) is 0 Å². The Bertz CT molecular complexity index is 929. The molecule has 3 aromatic rings. The molecule has 2 N–H and O–H groups in total. The van der Waals surface area contributed by atoms with Gasteiger partial charge in [-0.2, -0.15) is 0 Å². The van der Waals surface area contributed by atoms with Crippen molar-refractivity contribution < 1.29 is 9.90 Å². The summed E-state index contributed by atoms with van der Waals surface area (Å²) >= 11 is 1.72. The summed E-state index contributed by atoms with van der Waals surface area (Å²) in [6, 6.07) is 0. The first-order chi connectivity index (χ1) is 11.5. The lowest BCUT2D eigenvalue weighted by atomic mass is 9.87. The Balaban J connectivity index is 1.83. The summed E-state index contributed by atoms with van der Waals surface area (Å²) in [5, 5.41) is 17.2. The van der Waals surface area contributed by atoms with Crippen LogP contribution in [0.4, 0.5) is 0 Å². The van der Waals surface area contributed by atoms with Crippen LogP contribution in [0.5, 0.6) is 0 Å². The Morgan fingerprint density at radius 1 is 1.58 bits per heavy atom. The van der Waals surface area contributed by atoms with Crippen LogP contribution in [-0.4, -0.2) is 43.2 Å². The van der Waals surface area contributed by atoms with Crippen LogP contribution in [0.2, 0.25) is 0 Å². The molecule has 1 aliphatic rings. The van der Waals surface area contributed by atoms with Crippen molar-refractivity contribution in [1.82, 2.24) is 24.9 Å². The zero-order valence-corrected chi connectivity index (χ0v) is 14.4. The number of nitrogens with zero attached hydrogens (tertiary/aromatic N) is 4. The van der Waals surface area contributed by atoms with E-state index in [9.17, 15) is 9.90 Å². The van der Waals surface area contributed by atoms with Crippen molar-refractivity contribution >= 4 is 33.1 Å². The lowest BCUT2D eigenvalue weighted by Gasteiger charge is -2.18. The zero-order chi connectivity index (χ0) is 16.8. The molecule has 0 unspecified atom stereocenters. The van der Waals surface area contributed by atoms with Crippen LogP contribution in [-0.2, 0) is 6.42 Å². The van der Waals surface area contributed by atoms with E-state index in [2.05, 4.69) is 27.3 Å². The molecule has 0 aliphatic heterocycles. The number of thiophene rings is 1. The number of carbonyl (C=O) groups excluding carboxylic acids is 1. The highest BCUT2D eigenvalue weighted by Crippen LogP contribution is 2.42. The molecule has 126 valence electrons. The number of aryl methyl sites for hydroxylation is 1. The molecule has 0 saturated heterocycles. The van der Waals surface area contributed by atoms with Crippen molar-refractivity contribution in [3.05, 3.63) is 22.6 Å². The summed E-state index contributed by atoms with van der Waals surface area (Å²) in [6.45, 7) is 4.02. The molecule has 3 aromatic heterocycles. The first kappa shape index (κ1) is 15.5. The van der Waals surface area contributed by atoms with E-state index < -0.39 is 6.10 Å². The zero-order valence-electron chi connectivity index (χ0n) is 13.6. The molecule has 2 atom stereocenters. The molecule has 1 amide bonds. The fourth-order valence-electron chi connectivity index (χ4n) is 3.30. The van der Waals surface area contributed by atoms with E-state index in [-0.39, 0.29) is 18.3 Å². The van der Waals surface area contributed by atoms with Crippen molar-refractivity contribution in [2.75, 3.05) is 6.54 Å². The second kappa shape index (κ2) is 5.78. The molecule has 3 heterocycles. The van der Waals surface area contributed by atoms with Gasteiger partial charge >= 0.3 is 0 Å². The Hall–Kier alpha value is -2.06. The van der Waals surface area contributed by atoms with Crippen molar-refractivity contribution in [1.29, 1.82) is 0 Å². The second-order valence-corrected chi connectivity index (χ2v) is 7.50. The van der Waals surface area contributed by atoms with Gasteiger partial charge < -0.3 is 10.4 Å². The summed E-state index contributed by atoms with van der Waals surface area (Å²) in [7, 11) is 0. The van der Waals surface area contributed by atoms with Crippen LogP contribution in [0.25, 0.3) is 15.9 Å². The van der Waals surface area contributed by atoms with Gasteiger partial charge in [0.2, 0.25) is 5.82 Å². The van der Waals surface area contributed by atoms with Gasteiger partial charge in [-0.05, 0) is 37.7 Å². The third-order valence-electron chi connectivity index (χ3n) is 4.44. The van der Waals surface area contributed by atoms with Gasteiger partial charge in [0, 0.05) is 11.4 Å². The number of aromatic nitrogens is 4. The maximum Gasteiger partial charge on any atom is 0.291 e. The highest BCUT2D eigenvalue weighted by Gasteiger charge is 2.25. The van der Waals surface area contributed by atoms with Gasteiger partial charge in [-0.3, -0.25) is 4.79 Å². The van der Waals surface area contributed by atoms with E-state index in [1.807, 2.05) is 0 Å². The summed E-state index contributed by atoms with van der Waals surface area (Å²) in [6.07, 6.45) is 4.46. The second-order valence-electron chi connectivity index (χ2n) is 6.42. The van der Waals surface area contributed by atoms with Gasteiger partial charge in [0.15, 0.2) is 5.65 Å². The molecule has 4 rings (SSSR count). The Morgan fingerprint density at radius 2 is 2.42 bits per heavy atom.